The smallest absolute Gasteiger partial charge is 0.308 e. The summed E-state index contributed by atoms with van der Waals surface area (Å²) in [5, 5.41) is 8.92. The summed E-state index contributed by atoms with van der Waals surface area (Å²) in [6.45, 7) is 1.83. The number of rotatable bonds is 4. The van der Waals surface area contributed by atoms with E-state index in [1.807, 2.05) is 30.3 Å². The van der Waals surface area contributed by atoms with Crippen molar-refractivity contribution in [2.45, 2.75) is 26.1 Å². The molecule has 0 saturated carbocycles. The van der Waals surface area contributed by atoms with Crippen molar-refractivity contribution in [1.82, 2.24) is 0 Å². The summed E-state index contributed by atoms with van der Waals surface area (Å²) < 4.78 is 4.94. The molecule has 1 atom stereocenters. The van der Waals surface area contributed by atoms with Crippen LogP contribution in [0.2, 0.25) is 0 Å². The number of aliphatic hydroxyl groups is 1. The largest absolute Gasteiger partial charge is 0.461 e. The van der Waals surface area contributed by atoms with E-state index >= 15 is 0 Å². The standard InChI is InChI=1S/C11H14O3.ClH/c1-9(12)7-11(13)14-8-10-5-3-2-4-6-10;/h2-6,9,12H,7-8H2,1H3;1H. The molecule has 0 aliphatic rings. The van der Waals surface area contributed by atoms with Crippen LogP contribution >= 0.6 is 12.4 Å². The normalized spacial score (nSPS) is 11.3. The molecule has 0 saturated heterocycles. The van der Waals surface area contributed by atoms with Crippen LogP contribution in [0.5, 0.6) is 0 Å². The Hall–Kier alpha value is -1.06. The molecule has 0 aliphatic carbocycles. The predicted molar refractivity (Wildman–Crippen MR) is 59.8 cm³/mol. The predicted octanol–water partition coefficient (Wildman–Crippen LogP) is 1.92. The number of hydrogen-bond donors (Lipinski definition) is 1. The van der Waals surface area contributed by atoms with Gasteiger partial charge in [0.2, 0.25) is 0 Å². The molecule has 1 aromatic carbocycles. The van der Waals surface area contributed by atoms with Gasteiger partial charge < -0.3 is 9.84 Å². The zero-order valence-electron chi connectivity index (χ0n) is 8.55. The molecule has 0 aromatic heterocycles. The van der Waals surface area contributed by atoms with Crippen LogP contribution in [-0.4, -0.2) is 17.2 Å². The highest BCUT2D eigenvalue weighted by Crippen LogP contribution is 2.02. The van der Waals surface area contributed by atoms with E-state index in [1.54, 1.807) is 6.92 Å². The summed E-state index contributed by atoms with van der Waals surface area (Å²) in [7, 11) is 0. The van der Waals surface area contributed by atoms with Crippen LogP contribution in [0.1, 0.15) is 18.9 Å². The fraction of sp³-hybridized carbons (Fsp3) is 0.364. The highest BCUT2D eigenvalue weighted by atomic mass is 35.5. The minimum absolute atomic E-state index is 0. The first-order chi connectivity index (χ1) is 6.68. The number of aliphatic hydroxyl groups excluding tert-OH is 1. The first-order valence-corrected chi connectivity index (χ1v) is 4.56. The average Bonchev–Trinajstić information content (AvgIpc) is 2.15. The second kappa shape index (κ2) is 7.26. The lowest BCUT2D eigenvalue weighted by Gasteiger charge is -2.05. The molecule has 0 bridgehead atoms. The van der Waals surface area contributed by atoms with E-state index in [0.717, 1.165) is 5.56 Å². The van der Waals surface area contributed by atoms with E-state index in [9.17, 15) is 4.79 Å². The lowest BCUT2D eigenvalue weighted by Crippen LogP contribution is -2.12. The maximum atomic E-state index is 11.0. The first-order valence-electron chi connectivity index (χ1n) is 4.56. The van der Waals surface area contributed by atoms with Crippen molar-refractivity contribution in [2.24, 2.45) is 0 Å². The van der Waals surface area contributed by atoms with Gasteiger partial charge in [-0.15, -0.1) is 12.4 Å². The lowest BCUT2D eigenvalue weighted by molar-refractivity contribution is -0.146. The first kappa shape index (κ1) is 13.9. The Kier molecular flexibility index (Phi) is 6.75. The summed E-state index contributed by atoms with van der Waals surface area (Å²) in [4.78, 5) is 11.0. The molecule has 1 rings (SSSR count). The maximum Gasteiger partial charge on any atom is 0.308 e. The summed E-state index contributed by atoms with van der Waals surface area (Å²) in [6, 6.07) is 9.45. The fourth-order valence-electron chi connectivity index (χ4n) is 1.04. The van der Waals surface area contributed by atoms with Crippen LogP contribution in [0, 0.1) is 0 Å². The summed E-state index contributed by atoms with van der Waals surface area (Å²) in [5.41, 5.74) is 0.950. The molecular formula is C11H15ClO3. The van der Waals surface area contributed by atoms with Crippen LogP contribution in [0.4, 0.5) is 0 Å². The van der Waals surface area contributed by atoms with E-state index < -0.39 is 6.10 Å². The molecule has 0 spiro atoms. The Balaban J connectivity index is 0.00000196. The van der Waals surface area contributed by atoms with Gasteiger partial charge in [-0.05, 0) is 12.5 Å². The third-order valence-electron chi connectivity index (χ3n) is 1.70. The minimum atomic E-state index is -0.640. The topological polar surface area (TPSA) is 46.5 Å². The molecule has 1 N–H and O–H groups in total. The number of hydrogen-bond acceptors (Lipinski definition) is 3. The molecule has 0 radical (unpaired) electrons. The molecule has 0 fully saturated rings. The number of carbonyl (C=O) groups excluding carboxylic acids is 1. The van der Waals surface area contributed by atoms with E-state index in [-0.39, 0.29) is 31.4 Å². The van der Waals surface area contributed by atoms with Gasteiger partial charge in [-0.3, -0.25) is 4.79 Å². The summed E-state index contributed by atoms with van der Waals surface area (Å²) in [5.74, 6) is -0.371. The highest BCUT2D eigenvalue weighted by Gasteiger charge is 2.06. The molecule has 1 aromatic rings. The Labute approximate surface area is 95.5 Å². The molecule has 3 nitrogen and oxygen atoms in total. The fourth-order valence-corrected chi connectivity index (χ4v) is 1.04. The average molecular weight is 231 g/mol. The monoisotopic (exact) mass is 230 g/mol. The quantitative estimate of drug-likeness (QED) is 0.804. The van der Waals surface area contributed by atoms with Crippen molar-refractivity contribution < 1.29 is 14.6 Å². The van der Waals surface area contributed by atoms with Crippen LogP contribution in [-0.2, 0) is 16.1 Å². The number of carbonyl (C=O) groups is 1. The van der Waals surface area contributed by atoms with Gasteiger partial charge >= 0.3 is 5.97 Å². The third-order valence-corrected chi connectivity index (χ3v) is 1.70. The van der Waals surface area contributed by atoms with Crippen molar-refractivity contribution in [3.8, 4) is 0 Å². The Morgan fingerprint density at radius 1 is 1.40 bits per heavy atom. The van der Waals surface area contributed by atoms with Crippen LogP contribution < -0.4 is 0 Å². The van der Waals surface area contributed by atoms with Crippen LogP contribution in [0.25, 0.3) is 0 Å². The van der Waals surface area contributed by atoms with Crippen molar-refractivity contribution in [3.05, 3.63) is 35.9 Å². The van der Waals surface area contributed by atoms with Gasteiger partial charge in [0.05, 0.1) is 12.5 Å². The molecule has 0 heterocycles. The zero-order valence-corrected chi connectivity index (χ0v) is 9.37. The third kappa shape index (κ3) is 6.10. The van der Waals surface area contributed by atoms with Gasteiger partial charge in [-0.25, -0.2) is 0 Å². The van der Waals surface area contributed by atoms with Crippen molar-refractivity contribution >= 4 is 18.4 Å². The molecule has 0 amide bonds. The van der Waals surface area contributed by atoms with Gasteiger partial charge in [0.15, 0.2) is 0 Å². The zero-order chi connectivity index (χ0) is 10.4. The van der Waals surface area contributed by atoms with Gasteiger partial charge in [0, 0.05) is 0 Å². The number of esters is 1. The molecule has 4 heteroatoms. The minimum Gasteiger partial charge on any atom is -0.461 e. The van der Waals surface area contributed by atoms with Crippen LogP contribution in [0.15, 0.2) is 30.3 Å². The van der Waals surface area contributed by atoms with Gasteiger partial charge in [-0.2, -0.15) is 0 Å². The van der Waals surface area contributed by atoms with Crippen molar-refractivity contribution in [2.75, 3.05) is 0 Å². The second-order valence-electron chi connectivity index (χ2n) is 3.20. The number of halogens is 1. The maximum absolute atomic E-state index is 11.0. The molecule has 84 valence electrons. The van der Waals surface area contributed by atoms with E-state index in [1.165, 1.54) is 0 Å². The van der Waals surface area contributed by atoms with E-state index in [4.69, 9.17) is 9.84 Å². The molecule has 15 heavy (non-hydrogen) atoms. The van der Waals surface area contributed by atoms with Gasteiger partial charge in [0.1, 0.15) is 6.61 Å². The Bertz CT molecular complexity index is 285. The van der Waals surface area contributed by atoms with Crippen LogP contribution in [0.3, 0.4) is 0 Å². The van der Waals surface area contributed by atoms with Gasteiger partial charge in [-0.1, -0.05) is 30.3 Å². The number of ether oxygens (including phenoxy) is 1. The Morgan fingerprint density at radius 3 is 2.53 bits per heavy atom. The summed E-state index contributed by atoms with van der Waals surface area (Å²) >= 11 is 0. The lowest BCUT2D eigenvalue weighted by atomic mass is 10.2. The molecule has 0 aliphatic heterocycles. The van der Waals surface area contributed by atoms with Gasteiger partial charge in [0.25, 0.3) is 0 Å². The van der Waals surface area contributed by atoms with Crippen molar-refractivity contribution in [3.63, 3.8) is 0 Å². The second-order valence-corrected chi connectivity index (χ2v) is 3.20. The Morgan fingerprint density at radius 2 is 2.00 bits per heavy atom. The molecular weight excluding hydrogens is 216 g/mol. The van der Waals surface area contributed by atoms with Crippen molar-refractivity contribution in [1.29, 1.82) is 0 Å². The highest BCUT2D eigenvalue weighted by molar-refractivity contribution is 5.85. The van der Waals surface area contributed by atoms with E-state index in [0.29, 0.717) is 0 Å². The summed E-state index contributed by atoms with van der Waals surface area (Å²) in [6.07, 6.45) is -0.592. The number of benzene rings is 1. The van der Waals surface area contributed by atoms with E-state index in [2.05, 4.69) is 0 Å². The SMILES string of the molecule is CC(O)CC(=O)OCc1ccccc1.Cl. The molecule has 1 unspecified atom stereocenters.